The fourth-order valence-electron chi connectivity index (χ4n) is 1.38. The zero-order valence-electron chi connectivity index (χ0n) is 9.41. The van der Waals surface area contributed by atoms with Crippen LogP contribution in [0, 0.1) is 0 Å². The maximum absolute atomic E-state index is 11.4. The van der Waals surface area contributed by atoms with E-state index in [9.17, 15) is 4.79 Å². The maximum Gasteiger partial charge on any atom is 0.246 e. The van der Waals surface area contributed by atoms with E-state index in [1.807, 2.05) is 13.8 Å². The van der Waals surface area contributed by atoms with Gasteiger partial charge in [0.25, 0.3) is 0 Å². The van der Waals surface area contributed by atoms with E-state index in [1.165, 1.54) is 7.11 Å². The summed E-state index contributed by atoms with van der Waals surface area (Å²) in [6.45, 7) is 3.67. The van der Waals surface area contributed by atoms with Crippen LogP contribution in [-0.2, 0) is 9.53 Å². The van der Waals surface area contributed by atoms with Crippen molar-refractivity contribution in [1.82, 2.24) is 5.32 Å². The highest BCUT2D eigenvalue weighted by Crippen LogP contribution is 2.15. The highest BCUT2D eigenvalue weighted by molar-refractivity contribution is 5.94. The summed E-state index contributed by atoms with van der Waals surface area (Å²) in [5, 5.41) is 14.3. The summed E-state index contributed by atoms with van der Waals surface area (Å²) in [6.07, 6.45) is 1.10. The molecule has 0 heterocycles. The first kappa shape index (κ1) is 13.7. The van der Waals surface area contributed by atoms with Gasteiger partial charge in [-0.2, -0.15) is 0 Å². The van der Waals surface area contributed by atoms with Crippen molar-refractivity contribution in [3.05, 3.63) is 0 Å². The number of ether oxygens (including phenoxy) is 1. The van der Waals surface area contributed by atoms with Gasteiger partial charge in [0.2, 0.25) is 5.91 Å². The van der Waals surface area contributed by atoms with Gasteiger partial charge in [0, 0.05) is 7.11 Å². The molecule has 15 heavy (non-hydrogen) atoms. The van der Waals surface area contributed by atoms with Crippen LogP contribution >= 0.6 is 0 Å². The minimum atomic E-state index is -0.787. The van der Waals surface area contributed by atoms with E-state index in [-0.39, 0.29) is 18.3 Å². The number of nitrogens with one attached hydrogen (secondary N) is 1. The van der Waals surface area contributed by atoms with Gasteiger partial charge in [-0.3, -0.25) is 4.79 Å². The molecule has 0 aliphatic carbocycles. The molecule has 0 radical (unpaired) electrons. The number of carbonyl (C=O) groups excluding carboxylic acids is 1. The lowest BCUT2D eigenvalue weighted by Gasteiger charge is -2.31. The van der Waals surface area contributed by atoms with Gasteiger partial charge in [-0.1, -0.05) is 19.0 Å². The van der Waals surface area contributed by atoms with Crippen LogP contribution in [0.15, 0.2) is 5.16 Å². The highest BCUT2D eigenvalue weighted by Gasteiger charge is 2.32. The summed E-state index contributed by atoms with van der Waals surface area (Å²) in [6, 6.07) is 0. The van der Waals surface area contributed by atoms with Gasteiger partial charge in [-0.05, 0) is 12.8 Å². The number of nitrogens with two attached hydrogens (primary N) is 1. The topological polar surface area (TPSA) is 96.9 Å². The summed E-state index contributed by atoms with van der Waals surface area (Å²) < 4.78 is 4.70. The largest absolute Gasteiger partial charge is 0.409 e. The molecule has 0 aromatic heterocycles. The molecule has 0 saturated heterocycles. The van der Waals surface area contributed by atoms with E-state index in [4.69, 9.17) is 15.7 Å². The molecule has 88 valence electrons. The Hall–Kier alpha value is -1.30. The van der Waals surface area contributed by atoms with Crippen LogP contribution in [0.4, 0.5) is 0 Å². The van der Waals surface area contributed by atoms with Crippen LogP contribution in [0.5, 0.6) is 0 Å². The number of amidine groups is 1. The van der Waals surface area contributed by atoms with Gasteiger partial charge in [0.15, 0.2) is 5.84 Å². The van der Waals surface area contributed by atoms with E-state index in [0.717, 1.165) is 0 Å². The Morgan fingerprint density at radius 3 is 2.40 bits per heavy atom. The molecule has 4 N–H and O–H groups in total. The van der Waals surface area contributed by atoms with E-state index < -0.39 is 5.54 Å². The predicted molar refractivity (Wildman–Crippen MR) is 56.7 cm³/mol. The average Bonchev–Trinajstić information content (AvgIpc) is 2.25. The van der Waals surface area contributed by atoms with Gasteiger partial charge in [0.05, 0.1) is 0 Å². The number of carbonyl (C=O) groups is 1. The minimum absolute atomic E-state index is 0.0111. The Morgan fingerprint density at radius 1 is 1.53 bits per heavy atom. The molecule has 0 fully saturated rings. The van der Waals surface area contributed by atoms with Crippen molar-refractivity contribution in [3.63, 3.8) is 0 Å². The number of hydrogen-bond donors (Lipinski definition) is 3. The normalized spacial score (nSPS) is 12.6. The van der Waals surface area contributed by atoms with E-state index in [0.29, 0.717) is 12.8 Å². The molecular formula is C9H19N3O3. The van der Waals surface area contributed by atoms with Crippen LogP contribution in [0.2, 0.25) is 0 Å². The number of rotatable bonds is 6. The number of oxime groups is 1. The van der Waals surface area contributed by atoms with E-state index >= 15 is 0 Å². The lowest BCUT2D eigenvalue weighted by atomic mass is 9.91. The molecule has 0 aromatic carbocycles. The molecule has 0 aliphatic heterocycles. The molecule has 0 saturated carbocycles. The molecule has 0 aromatic rings. The standard InChI is InChI=1S/C9H19N3O3/c1-4-9(5-2,8(10)12-14)11-7(13)6-15-3/h14H,4-6H2,1-3H3,(H2,10,12)(H,11,13). The lowest BCUT2D eigenvalue weighted by Crippen LogP contribution is -2.57. The summed E-state index contributed by atoms with van der Waals surface area (Å²) in [7, 11) is 1.43. The van der Waals surface area contributed by atoms with Gasteiger partial charge >= 0.3 is 0 Å². The van der Waals surface area contributed by atoms with Crippen molar-refractivity contribution in [3.8, 4) is 0 Å². The molecule has 6 nitrogen and oxygen atoms in total. The second-order valence-corrected chi connectivity index (χ2v) is 3.26. The monoisotopic (exact) mass is 217 g/mol. The third-order valence-corrected chi connectivity index (χ3v) is 2.46. The van der Waals surface area contributed by atoms with E-state index in [1.54, 1.807) is 0 Å². The Labute approximate surface area is 89.5 Å². The van der Waals surface area contributed by atoms with Crippen LogP contribution in [0.25, 0.3) is 0 Å². The highest BCUT2D eigenvalue weighted by atomic mass is 16.5. The Balaban J connectivity index is 4.72. The predicted octanol–water partition coefficient (Wildman–Crippen LogP) is 0.0542. The maximum atomic E-state index is 11.4. The Kier molecular flexibility index (Phi) is 5.69. The SMILES string of the molecule is CCC(CC)(NC(=O)COC)C(N)=NO. The van der Waals surface area contributed by atoms with Gasteiger partial charge in [-0.15, -0.1) is 0 Å². The third-order valence-electron chi connectivity index (χ3n) is 2.46. The van der Waals surface area contributed by atoms with Crippen LogP contribution in [-0.4, -0.2) is 36.2 Å². The molecule has 0 spiro atoms. The number of amides is 1. The summed E-state index contributed by atoms with van der Waals surface area (Å²) in [5.74, 6) is -0.273. The Bertz CT molecular complexity index is 237. The van der Waals surface area contributed by atoms with Crippen LogP contribution in [0.3, 0.4) is 0 Å². The molecule has 1 amide bonds. The summed E-state index contributed by atoms with van der Waals surface area (Å²) in [5.41, 5.74) is 4.77. The van der Waals surface area contributed by atoms with Gasteiger partial charge in [-0.25, -0.2) is 0 Å². The molecule has 0 atom stereocenters. The smallest absolute Gasteiger partial charge is 0.246 e. The van der Waals surface area contributed by atoms with Crippen molar-refractivity contribution in [2.75, 3.05) is 13.7 Å². The number of nitrogens with zero attached hydrogens (tertiary/aromatic N) is 1. The van der Waals surface area contributed by atoms with Crippen molar-refractivity contribution in [1.29, 1.82) is 0 Å². The lowest BCUT2D eigenvalue weighted by molar-refractivity contribution is -0.126. The zero-order chi connectivity index (χ0) is 11.9. The van der Waals surface area contributed by atoms with Gasteiger partial charge < -0.3 is 21.0 Å². The number of methoxy groups -OCH3 is 1. The first-order valence-electron chi connectivity index (χ1n) is 4.84. The van der Waals surface area contributed by atoms with Crippen molar-refractivity contribution in [2.45, 2.75) is 32.2 Å². The van der Waals surface area contributed by atoms with Crippen LogP contribution in [0.1, 0.15) is 26.7 Å². The third kappa shape index (κ3) is 3.39. The van der Waals surface area contributed by atoms with Crippen molar-refractivity contribution in [2.24, 2.45) is 10.9 Å². The van der Waals surface area contributed by atoms with E-state index in [2.05, 4.69) is 10.5 Å². The Morgan fingerprint density at radius 2 is 2.07 bits per heavy atom. The first-order chi connectivity index (χ1) is 7.06. The molecule has 6 heteroatoms. The average molecular weight is 217 g/mol. The molecule has 0 aliphatic rings. The quantitative estimate of drug-likeness (QED) is 0.253. The number of hydrogen-bond acceptors (Lipinski definition) is 4. The molecule has 0 bridgehead atoms. The second-order valence-electron chi connectivity index (χ2n) is 3.26. The van der Waals surface area contributed by atoms with Crippen molar-refractivity contribution < 1.29 is 14.7 Å². The van der Waals surface area contributed by atoms with Gasteiger partial charge in [0.1, 0.15) is 12.1 Å². The van der Waals surface area contributed by atoms with Crippen molar-refractivity contribution >= 4 is 11.7 Å². The zero-order valence-corrected chi connectivity index (χ0v) is 9.41. The minimum Gasteiger partial charge on any atom is -0.409 e. The summed E-state index contributed by atoms with van der Waals surface area (Å²) >= 11 is 0. The first-order valence-corrected chi connectivity index (χ1v) is 4.84. The molecule has 0 rings (SSSR count). The summed E-state index contributed by atoms with van der Waals surface area (Å²) in [4.78, 5) is 11.4. The fourth-order valence-corrected chi connectivity index (χ4v) is 1.38. The fraction of sp³-hybridized carbons (Fsp3) is 0.778. The van der Waals surface area contributed by atoms with Crippen LogP contribution < -0.4 is 11.1 Å². The second kappa shape index (κ2) is 6.23. The molecular weight excluding hydrogens is 198 g/mol. The molecule has 0 unspecified atom stereocenters.